The van der Waals surface area contributed by atoms with E-state index < -0.39 is 0 Å². The zero-order chi connectivity index (χ0) is 15.1. The molecule has 2 aromatic carbocycles. The third-order valence-electron chi connectivity index (χ3n) is 3.33. The van der Waals surface area contributed by atoms with Crippen molar-refractivity contribution in [1.29, 1.82) is 0 Å². The molecule has 0 aliphatic heterocycles. The summed E-state index contributed by atoms with van der Waals surface area (Å²) in [6, 6.07) is 16.7. The maximum Gasteiger partial charge on any atom is 0.251 e. The Labute approximate surface area is 125 Å². The van der Waals surface area contributed by atoms with Crippen LogP contribution in [-0.4, -0.2) is 18.2 Å². The van der Waals surface area contributed by atoms with Crippen LogP contribution in [0.3, 0.4) is 0 Å². The highest BCUT2D eigenvalue weighted by Gasteiger charge is 2.04. The van der Waals surface area contributed by atoms with E-state index >= 15 is 0 Å². The molecule has 3 nitrogen and oxygen atoms in total. The molecular weight excluding hydrogens is 262 g/mol. The second-order valence-electron chi connectivity index (χ2n) is 4.85. The number of hydrogen-bond acceptors (Lipinski definition) is 2. The van der Waals surface area contributed by atoms with E-state index in [9.17, 15) is 9.59 Å². The number of Topliss-reactive ketones (excluding diaryl/α,β-unsaturated/α-hetero) is 1. The molecule has 3 heteroatoms. The minimum atomic E-state index is -0.0617. The number of ketones is 1. The largest absolute Gasteiger partial charge is 0.352 e. The molecule has 108 valence electrons. The van der Waals surface area contributed by atoms with E-state index in [4.69, 9.17) is 0 Å². The van der Waals surface area contributed by atoms with Gasteiger partial charge in [0.15, 0.2) is 5.78 Å². The van der Waals surface area contributed by atoms with Crippen LogP contribution in [0.5, 0.6) is 0 Å². The third kappa shape index (κ3) is 4.28. The monoisotopic (exact) mass is 281 g/mol. The first kappa shape index (κ1) is 15.0. The Balaban J connectivity index is 1.84. The molecule has 0 fully saturated rings. The van der Waals surface area contributed by atoms with Crippen molar-refractivity contribution in [3.63, 3.8) is 0 Å². The van der Waals surface area contributed by atoms with Gasteiger partial charge in [0.25, 0.3) is 5.91 Å². The number of benzene rings is 2. The normalized spacial score (nSPS) is 10.1. The fourth-order valence-corrected chi connectivity index (χ4v) is 2.07. The number of carbonyl (C=O) groups excluding carboxylic acids is 2. The van der Waals surface area contributed by atoms with Crippen LogP contribution in [0.1, 0.15) is 39.6 Å². The SMILES string of the molecule is CCC(=O)c1ccc(CCNC(=O)c2ccccc2)cc1. The van der Waals surface area contributed by atoms with Crippen LogP contribution < -0.4 is 5.32 Å². The Kier molecular flexibility index (Phi) is 5.27. The standard InChI is InChI=1S/C18H19NO2/c1-2-17(20)15-10-8-14(9-11-15)12-13-19-18(21)16-6-4-3-5-7-16/h3-11H,2,12-13H2,1H3,(H,19,21). The Morgan fingerprint density at radius 2 is 1.57 bits per heavy atom. The van der Waals surface area contributed by atoms with Crippen molar-refractivity contribution < 1.29 is 9.59 Å². The molecule has 2 rings (SSSR count). The summed E-state index contributed by atoms with van der Waals surface area (Å²) in [7, 11) is 0. The molecule has 0 unspecified atom stereocenters. The van der Waals surface area contributed by atoms with Crippen LogP contribution in [0.15, 0.2) is 54.6 Å². The van der Waals surface area contributed by atoms with Gasteiger partial charge in [-0.25, -0.2) is 0 Å². The number of amides is 1. The molecule has 1 N–H and O–H groups in total. The summed E-state index contributed by atoms with van der Waals surface area (Å²) in [6.45, 7) is 2.43. The first-order chi connectivity index (χ1) is 10.2. The number of hydrogen-bond donors (Lipinski definition) is 1. The second kappa shape index (κ2) is 7.39. The average molecular weight is 281 g/mol. The first-order valence-electron chi connectivity index (χ1n) is 7.16. The molecular formula is C18H19NO2. The summed E-state index contributed by atoms with van der Waals surface area (Å²) in [5.41, 5.74) is 2.52. The molecule has 0 radical (unpaired) electrons. The van der Waals surface area contributed by atoms with Gasteiger partial charge < -0.3 is 5.32 Å². The van der Waals surface area contributed by atoms with E-state index in [-0.39, 0.29) is 11.7 Å². The minimum absolute atomic E-state index is 0.0617. The Bertz CT molecular complexity index is 603. The Morgan fingerprint density at radius 3 is 2.19 bits per heavy atom. The highest BCUT2D eigenvalue weighted by molar-refractivity contribution is 5.95. The molecule has 0 saturated carbocycles. The second-order valence-corrected chi connectivity index (χ2v) is 4.85. The maximum absolute atomic E-state index is 11.9. The summed E-state index contributed by atoms with van der Waals surface area (Å²) in [4.78, 5) is 23.4. The van der Waals surface area contributed by atoms with Gasteiger partial charge in [0.05, 0.1) is 0 Å². The van der Waals surface area contributed by atoms with Gasteiger partial charge in [-0.15, -0.1) is 0 Å². The summed E-state index contributed by atoms with van der Waals surface area (Å²) >= 11 is 0. The van der Waals surface area contributed by atoms with Crippen molar-refractivity contribution in [2.75, 3.05) is 6.54 Å². The van der Waals surface area contributed by atoms with Crippen molar-refractivity contribution in [3.05, 3.63) is 71.3 Å². The third-order valence-corrected chi connectivity index (χ3v) is 3.33. The van der Waals surface area contributed by atoms with Gasteiger partial charge in [-0.05, 0) is 24.1 Å². The van der Waals surface area contributed by atoms with Crippen molar-refractivity contribution in [2.24, 2.45) is 0 Å². The molecule has 0 saturated heterocycles. The van der Waals surface area contributed by atoms with E-state index in [1.54, 1.807) is 12.1 Å². The molecule has 0 spiro atoms. The van der Waals surface area contributed by atoms with Gasteiger partial charge in [-0.3, -0.25) is 9.59 Å². The van der Waals surface area contributed by atoms with Gasteiger partial charge in [-0.1, -0.05) is 49.4 Å². The molecule has 0 aromatic heterocycles. The lowest BCUT2D eigenvalue weighted by atomic mass is 10.1. The Morgan fingerprint density at radius 1 is 0.905 bits per heavy atom. The molecule has 0 atom stereocenters. The van der Waals surface area contributed by atoms with Gasteiger partial charge in [-0.2, -0.15) is 0 Å². The fraction of sp³-hybridized carbons (Fsp3) is 0.222. The molecule has 1 amide bonds. The summed E-state index contributed by atoms with van der Waals surface area (Å²) in [5, 5.41) is 2.89. The smallest absolute Gasteiger partial charge is 0.251 e. The molecule has 0 aliphatic rings. The highest BCUT2D eigenvalue weighted by atomic mass is 16.1. The van der Waals surface area contributed by atoms with Gasteiger partial charge in [0.1, 0.15) is 0 Å². The summed E-state index contributed by atoms with van der Waals surface area (Å²) in [6.07, 6.45) is 1.27. The van der Waals surface area contributed by atoms with Crippen LogP contribution >= 0.6 is 0 Å². The number of rotatable bonds is 6. The van der Waals surface area contributed by atoms with Gasteiger partial charge in [0.2, 0.25) is 0 Å². The highest BCUT2D eigenvalue weighted by Crippen LogP contribution is 2.07. The fourth-order valence-electron chi connectivity index (χ4n) is 2.07. The van der Waals surface area contributed by atoms with E-state index in [1.807, 2.05) is 49.4 Å². The quantitative estimate of drug-likeness (QED) is 0.826. The molecule has 0 bridgehead atoms. The van der Waals surface area contributed by atoms with Crippen LogP contribution in [0.2, 0.25) is 0 Å². The maximum atomic E-state index is 11.9. The zero-order valence-corrected chi connectivity index (χ0v) is 12.1. The van der Waals surface area contributed by atoms with E-state index in [0.717, 1.165) is 17.5 Å². The first-order valence-corrected chi connectivity index (χ1v) is 7.16. The molecule has 0 aliphatic carbocycles. The lowest BCUT2D eigenvalue weighted by Crippen LogP contribution is -2.25. The van der Waals surface area contributed by atoms with Crippen LogP contribution in [-0.2, 0) is 6.42 Å². The molecule has 0 heterocycles. The van der Waals surface area contributed by atoms with Crippen molar-refractivity contribution in [2.45, 2.75) is 19.8 Å². The summed E-state index contributed by atoms with van der Waals surface area (Å²) < 4.78 is 0. The van der Waals surface area contributed by atoms with Crippen molar-refractivity contribution in [3.8, 4) is 0 Å². The van der Waals surface area contributed by atoms with E-state index in [2.05, 4.69) is 5.32 Å². The van der Waals surface area contributed by atoms with E-state index in [0.29, 0.717) is 18.5 Å². The lowest BCUT2D eigenvalue weighted by Gasteiger charge is -2.06. The van der Waals surface area contributed by atoms with Crippen LogP contribution in [0.4, 0.5) is 0 Å². The topological polar surface area (TPSA) is 46.2 Å². The lowest BCUT2D eigenvalue weighted by molar-refractivity contribution is 0.0952. The zero-order valence-electron chi connectivity index (χ0n) is 12.1. The van der Waals surface area contributed by atoms with Crippen molar-refractivity contribution >= 4 is 11.7 Å². The Hall–Kier alpha value is -2.42. The molecule has 21 heavy (non-hydrogen) atoms. The van der Waals surface area contributed by atoms with Crippen LogP contribution in [0, 0.1) is 0 Å². The van der Waals surface area contributed by atoms with E-state index in [1.165, 1.54) is 0 Å². The average Bonchev–Trinajstić information content (AvgIpc) is 2.55. The van der Waals surface area contributed by atoms with Crippen LogP contribution in [0.25, 0.3) is 0 Å². The summed E-state index contributed by atoms with van der Waals surface area (Å²) in [5.74, 6) is 0.0901. The van der Waals surface area contributed by atoms with Crippen molar-refractivity contribution in [1.82, 2.24) is 5.32 Å². The van der Waals surface area contributed by atoms with Gasteiger partial charge >= 0.3 is 0 Å². The minimum Gasteiger partial charge on any atom is -0.352 e. The van der Waals surface area contributed by atoms with Gasteiger partial charge in [0, 0.05) is 24.1 Å². The predicted octanol–water partition coefficient (Wildman–Crippen LogP) is 3.25. The number of nitrogens with one attached hydrogen (secondary N) is 1. The molecule has 2 aromatic rings. The predicted molar refractivity (Wildman–Crippen MR) is 83.5 cm³/mol. The number of carbonyl (C=O) groups is 2.